The fraction of sp³-hybridized carbons (Fsp3) is 0.0667. The number of hydrogen-bond donors (Lipinski definition) is 1. The first-order valence-corrected chi connectivity index (χ1v) is 6.30. The fourth-order valence-electron chi connectivity index (χ4n) is 1.73. The maximum Gasteiger partial charge on any atom is 0.340 e. The van der Waals surface area contributed by atoms with Crippen LogP contribution in [0.3, 0.4) is 0 Å². The van der Waals surface area contributed by atoms with Gasteiger partial charge in [0.2, 0.25) is 0 Å². The smallest absolute Gasteiger partial charge is 0.340 e. The van der Waals surface area contributed by atoms with Crippen LogP contribution in [0.4, 0.5) is 10.1 Å². The molecule has 0 saturated heterocycles. The molecule has 0 saturated carbocycles. The van der Waals surface area contributed by atoms with E-state index in [1.807, 2.05) is 6.07 Å². The molecule has 0 unspecified atom stereocenters. The van der Waals surface area contributed by atoms with E-state index in [-0.39, 0.29) is 34.0 Å². The summed E-state index contributed by atoms with van der Waals surface area (Å²) in [6.07, 6.45) is 0. The molecule has 0 aromatic heterocycles. The number of nitrogens with zero attached hydrogens (tertiary/aromatic N) is 1. The third-order valence-electron chi connectivity index (χ3n) is 2.82. The van der Waals surface area contributed by atoms with Crippen LogP contribution in [-0.4, -0.2) is 5.97 Å². The lowest BCUT2D eigenvalue weighted by Crippen LogP contribution is -2.09. The predicted molar refractivity (Wildman–Crippen MR) is 76.1 cm³/mol. The van der Waals surface area contributed by atoms with Crippen molar-refractivity contribution in [3.05, 3.63) is 63.9 Å². The number of rotatable bonds is 3. The van der Waals surface area contributed by atoms with Crippen molar-refractivity contribution in [1.82, 2.24) is 0 Å². The van der Waals surface area contributed by atoms with E-state index in [2.05, 4.69) is 0 Å². The molecule has 2 aromatic rings. The Balaban J connectivity index is 2.17. The quantitative estimate of drug-likeness (QED) is 0.697. The van der Waals surface area contributed by atoms with Gasteiger partial charge in [0, 0.05) is 5.56 Å². The number of benzene rings is 2. The molecular formula is C15H10ClFN2O2. The summed E-state index contributed by atoms with van der Waals surface area (Å²) in [5.41, 5.74) is 6.45. The zero-order valence-corrected chi connectivity index (χ0v) is 11.5. The number of nitriles is 1. The van der Waals surface area contributed by atoms with E-state index >= 15 is 0 Å². The van der Waals surface area contributed by atoms with Gasteiger partial charge in [0.25, 0.3) is 0 Å². The third kappa shape index (κ3) is 3.30. The molecule has 6 heteroatoms. The van der Waals surface area contributed by atoms with Gasteiger partial charge in [-0.1, -0.05) is 17.7 Å². The summed E-state index contributed by atoms with van der Waals surface area (Å²) >= 11 is 5.82. The Morgan fingerprint density at radius 2 is 2.14 bits per heavy atom. The molecule has 0 radical (unpaired) electrons. The molecule has 4 nitrogen and oxygen atoms in total. The second-order valence-corrected chi connectivity index (χ2v) is 4.60. The van der Waals surface area contributed by atoms with Crippen LogP contribution in [0.25, 0.3) is 0 Å². The summed E-state index contributed by atoms with van der Waals surface area (Å²) in [5.74, 6) is -1.20. The molecule has 0 fully saturated rings. The van der Waals surface area contributed by atoms with Crippen molar-refractivity contribution in [1.29, 1.82) is 5.26 Å². The average molecular weight is 305 g/mol. The lowest BCUT2D eigenvalue weighted by atomic mass is 10.1. The van der Waals surface area contributed by atoms with Gasteiger partial charge in [0.1, 0.15) is 12.4 Å². The predicted octanol–water partition coefficient (Wildman–Crippen LogP) is 3.29. The second-order valence-electron chi connectivity index (χ2n) is 4.19. The maximum atomic E-state index is 13.2. The van der Waals surface area contributed by atoms with Crippen molar-refractivity contribution in [3.63, 3.8) is 0 Å². The first-order valence-electron chi connectivity index (χ1n) is 5.92. The van der Waals surface area contributed by atoms with E-state index in [4.69, 9.17) is 27.3 Å². The summed E-state index contributed by atoms with van der Waals surface area (Å²) < 4.78 is 18.2. The molecule has 2 N–H and O–H groups in total. The van der Waals surface area contributed by atoms with Gasteiger partial charge in [-0.3, -0.25) is 0 Å². The minimum absolute atomic E-state index is 0.115. The van der Waals surface area contributed by atoms with Crippen LogP contribution < -0.4 is 5.73 Å². The number of hydrogen-bond acceptors (Lipinski definition) is 4. The Labute approximate surface area is 125 Å². The van der Waals surface area contributed by atoms with E-state index in [1.54, 1.807) is 12.1 Å². The highest BCUT2D eigenvalue weighted by Gasteiger charge is 2.14. The van der Waals surface area contributed by atoms with Crippen LogP contribution in [0.1, 0.15) is 21.5 Å². The van der Waals surface area contributed by atoms with Gasteiger partial charge in [-0.25, -0.2) is 9.18 Å². The van der Waals surface area contributed by atoms with Crippen molar-refractivity contribution in [3.8, 4) is 6.07 Å². The molecule has 0 aliphatic carbocycles. The highest BCUT2D eigenvalue weighted by Crippen LogP contribution is 2.23. The molecule has 0 spiro atoms. The standard InChI is InChI=1S/C15H10ClFN2O2/c16-13-3-1-2-12(14(13)19)15(20)21-8-10-6-11(17)5-4-9(10)7-18/h1-6H,8,19H2. The summed E-state index contributed by atoms with van der Waals surface area (Å²) in [6, 6.07) is 10.1. The van der Waals surface area contributed by atoms with Crippen molar-refractivity contribution in [2.24, 2.45) is 0 Å². The Morgan fingerprint density at radius 1 is 1.38 bits per heavy atom. The molecule has 0 heterocycles. The summed E-state index contributed by atoms with van der Waals surface area (Å²) in [5, 5.41) is 9.17. The Bertz CT molecular complexity index is 741. The van der Waals surface area contributed by atoms with Crippen LogP contribution >= 0.6 is 11.6 Å². The Morgan fingerprint density at radius 3 is 2.86 bits per heavy atom. The summed E-state index contributed by atoms with van der Waals surface area (Å²) in [4.78, 5) is 11.9. The summed E-state index contributed by atoms with van der Waals surface area (Å²) in [6.45, 7) is -0.231. The number of carbonyl (C=O) groups excluding carboxylic acids is 1. The summed E-state index contributed by atoms with van der Waals surface area (Å²) in [7, 11) is 0. The molecule has 0 aliphatic heterocycles. The number of esters is 1. The zero-order chi connectivity index (χ0) is 15.4. The van der Waals surface area contributed by atoms with E-state index in [0.29, 0.717) is 0 Å². The van der Waals surface area contributed by atoms with Crippen molar-refractivity contribution in [2.75, 3.05) is 5.73 Å². The number of ether oxygens (including phenoxy) is 1. The lowest BCUT2D eigenvalue weighted by molar-refractivity contribution is 0.0473. The van der Waals surface area contributed by atoms with Gasteiger partial charge in [-0.05, 0) is 30.3 Å². The number of carbonyl (C=O) groups is 1. The Kier molecular flexibility index (Phi) is 4.41. The first-order chi connectivity index (χ1) is 10.0. The van der Waals surface area contributed by atoms with Gasteiger partial charge in [0.15, 0.2) is 0 Å². The number of anilines is 1. The molecule has 0 bridgehead atoms. The minimum atomic E-state index is -0.692. The largest absolute Gasteiger partial charge is 0.457 e. The molecule has 21 heavy (non-hydrogen) atoms. The average Bonchev–Trinajstić information content (AvgIpc) is 2.47. The van der Waals surface area contributed by atoms with E-state index in [0.717, 1.165) is 6.07 Å². The van der Waals surface area contributed by atoms with E-state index in [9.17, 15) is 9.18 Å². The zero-order valence-electron chi connectivity index (χ0n) is 10.8. The van der Waals surface area contributed by atoms with E-state index < -0.39 is 11.8 Å². The number of nitrogens with two attached hydrogens (primary N) is 1. The van der Waals surface area contributed by atoms with Crippen molar-refractivity contribution < 1.29 is 13.9 Å². The van der Waals surface area contributed by atoms with Gasteiger partial charge in [0.05, 0.1) is 27.9 Å². The van der Waals surface area contributed by atoms with Crippen LogP contribution in [-0.2, 0) is 11.3 Å². The lowest BCUT2D eigenvalue weighted by Gasteiger charge is -2.09. The van der Waals surface area contributed by atoms with Gasteiger partial charge in [-0.15, -0.1) is 0 Å². The third-order valence-corrected chi connectivity index (χ3v) is 3.15. The van der Waals surface area contributed by atoms with Gasteiger partial charge >= 0.3 is 5.97 Å². The van der Waals surface area contributed by atoms with Crippen LogP contribution in [0.2, 0.25) is 5.02 Å². The maximum absolute atomic E-state index is 13.2. The second kappa shape index (κ2) is 6.25. The SMILES string of the molecule is N#Cc1ccc(F)cc1COC(=O)c1cccc(Cl)c1N. The first kappa shape index (κ1) is 14.8. The van der Waals surface area contributed by atoms with Gasteiger partial charge in [-0.2, -0.15) is 5.26 Å². The highest BCUT2D eigenvalue weighted by atomic mass is 35.5. The number of para-hydroxylation sites is 1. The van der Waals surface area contributed by atoms with Crippen molar-refractivity contribution in [2.45, 2.75) is 6.61 Å². The highest BCUT2D eigenvalue weighted by molar-refractivity contribution is 6.33. The molecule has 0 aliphatic rings. The normalized spacial score (nSPS) is 9.95. The topological polar surface area (TPSA) is 76.1 Å². The van der Waals surface area contributed by atoms with Crippen LogP contribution in [0.5, 0.6) is 0 Å². The molecule has 0 atom stereocenters. The fourth-order valence-corrected chi connectivity index (χ4v) is 1.90. The van der Waals surface area contributed by atoms with Crippen molar-refractivity contribution >= 4 is 23.3 Å². The Hall–Kier alpha value is -2.58. The minimum Gasteiger partial charge on any atom is -0.457 e. The molecule has 2 aromatic carbocycles. The molecule has 106 valence electrons. The monoisotopic (exact) mass is 304 g/mol. The molecule has 0 amide bonds. The van der Waals surface area contributed by atoms with Crippen LogP contribution in [0, 0.1) is 17.1 Å². The number of nitrogen functional groups attached to an aromatic ring is 1. The number of halogens is 2. The van der Waals surface area contributed by atoms with E-state index in [1.165, 1.54) is 18.2 Å². The molecule has 2 rings (SSSR count). The van der Waals surface area contributed by atoms with Gasteiger partial charge < -0.3 is 10.5 Å². The molecular weight excluding hydrogens is 295 g/mol. The van der Waals surface area contributed by atoms with Crippen LogP contribution in [0.15, 0.2) is 36.4 Å².